The molecule has 0 saturated carbocycles. The highest BCUT2D eigenvalue weighted by atomic mass is 15.3. The van der Waals surface area contributed by atoms with E-state index in [0.29, 0.717) is 6.04 Å². The fourth-order valence-electron chi connectivity index (χ4n) is 2.25. The van der Waals surface area contributed by atoms with Crippen molar-refractivity contribution >= 4 is 0 Å². The van der Waals surface area contributed by atoms with Crippen LogP contribution >= 0.6 is 0 Å². The lowest BCUT2D eigenvalue weighted by Gasteiger charge is -2.41. The molecule has 0 bridgehead atoms. The number of hydrogen-bond acceptors (Lipinski definition) is 3. The van der Waals surface area contributed by atoms with Gasteiger partial charge >= 0.3 is 0 Å². The Labute approximate surface area is 94.8 Å². The maximum Gasteiger partial charge on any atom is 0.0219 e. The molecule has 1 aliphatic rings. The van der Waals surface area contributed by atoms with Gasteiger partial charge in [0.05, 0.1) is 0 Å². The number of nitrogens with one attached hydrogen (secondary N) is 1. The van der Waals surface area contributed by atoms with Gasteiger partial charge in [0, 0.05) is 38.3 Å². The standard InChI is InChI=1S/C12H27N3/c1-5-12(9-13-6-2)15-8-7-14(4)11(3)10-15/h11-13H,5-10H2,1-4H3. The van der Waals surface area contributed by atoms with E-state index in [1.807, 2.05) is 0 Å². The van der Waals surface area contributed by atoms with Gasteiger partial charge in [0.2, 0.25) is 0 Å². The molecule has 3 heteroatoms. The molecule has 15 heavy (non-hydrogen) atoms. The highest BCUT2D eigenvalue weighted by Crippen LogP contribution is 2.12. The van der Waals surface area contributed by atoms with Crippen molar-refractivity contribution < 1.29 is 0 Å². The van der Waals surface area contributed by atoms with Crippen molar-refractivity contribution in [2.45, 2.75) is 39.3 Å². The van der Waals surface area contributed by atoms with Gasteiger partial charge in [-0.05, 0) is 26.9 Å². The first kappa shape index (κ1) is 12.9. The Morgan fingerprint density at radius 2 is 2.07 bits per heavy atom. The van der Waals surface area contributed by atoms with E-state index in [0.717, 1.165) is 19.1 Å². The van der Waals surface area contributed by atoms with Crippen molar-refractivity contribution in [2.24, 2.45) is 0 Å². The second-order valence-electron chi connectivity index (χ2n) is 4.69. The Hall–Kier alpha value is -0.120. The van der Waals surface area contributed by atoms with Crippen LogP contribution in [-0.2, 0) is 0 Å². The molecule has 3 nitrogen and oxygen atoms in total. The van der Waals surface area contributed by atoms with Crippen LogP contribution in [-0.4, -0.2) is 61.7 Å². The molecule has 0 aromatic carbocycles. The monoisotopic (exact) mass is 213 g/mol. The fraction of sp³-hybridized carbons (Fsp3) is 1.00. The van der Waals surface area contributed by atoms with E-state index in [2.05, 4.69) is 42.9 Å². The third-order valence-corrected chi connectivity index (χ3v) is 3.61. The van der Waals surface area contributed by atoms with E-state index in [4.69, 9.17) is 0 Å². The summed E-state index contributed by atoms with van der Waals surface area (Å²) in [5.41, 5.74) is 0. The van der Waals surface area contributed by atoms with Gasteiger partial charge in [-0.15, -0.1) is 0 Å². The number of rotatable bonds is 5. The topological polar surface area (TPSA) is 18.5 Å². The fourth-order valence-corrected chi connectivity index (χ4v) is 2.25. The molecular weight excluding hydrogens is 186 g/mol. The van der Waals surface area contributed by atoms with Crippen molar-refractivity contribution in [3.05, 3.63) is 0 Å². The molecule has 0 amide bonds. The Morgan fingerprint density at radius 1 is 1.33 bits per heavy atom. The minimum Gasteiger partial charge on any atom is -0.315 e. The summed E-state index contributed by atoms with van der Waals surface area (Å²) < 4.78 is 0. The third kappa shape index (κ3) is 3.74. The van der Waals surface area contributed by atoms with Crippen LogP contribution in [0.4, 0.5) is 0 Å². The predicted octanol–water partition coefficient (Wildman–Crippen LogP) is 1.01. The minimum absolute atomic E-state index is 0.703. The summed E-state index contributed by atoms with van der Waals surface area (Å²) in [6.45, 7) is 12.7. The normalized spacial score (nSPS) is 26.8. The number of nitrogens with zero attached hydrogens (tertiary/aromatic N) is 2. The molecule has 2 unspecified atom stereocenters. The molecule has 0 spiro atoms. The molecule has 1 N–H and O–H groups in total. The van der Waals surface area contributed by atoms with Crippen LogP contribution in [0.2, 0.25) is 0 Å². The zero-order valence-electron chi connectivity index (χ0n) is 10.8. The number of hydrogen-bond donors (Lipinski definition) is 1. The summed E-state index contributed by atoms with van der Waals surface area (Å²) in [7, 11) is 2.23. The SMILES string of the molecule is CCNCC(CC)N1CCN(C)C(C)C1. The van der Waals surface area contributed by atoms with Crippen LogP contribution < -0.4 is 5.32 Å². The maximum atomic E-state index is 3.47. The largest absolute Gasteiger partial charge is 0.315 e. The van der Waals surface area contributed by atoms with Gasteiger partial charge in [-0.1, -0.05) is 13.8 Å². The Balaban J connectivity index is 2.39. The van der Waals surface area contributed by atoms with Crippen LogP contribution in [0, 0.1) is 0 Å². The zero-order chi connectivity index (χ0) is 11.3. The van der Waals surface area contributed by atoms with E-state index in [1.54, 1.807) is 0 Å². The first-order valence-corrected chi connectivity index (χ1v) is 6.34. The second-order valence-corrected chi connectivity index (χ2v) is 4.69. The molecule has 0 radical (unpaired) electrons. The van der Waals surface area contributed by atoms with Gasteiger partial charge in [-0.3, -0.25) is 4.90 Å². The van der Waals surface area contributed by atoms with Crippen molar-refractivity contribution in [1.29, 1.82) is 0 Å². The van der Waals surface area contributed by atoms with Crippen LogP contribution in [0.15, 0.2) is 0 Å². The molecule has 1 aliphatic heterocycles. The van der Waals surface area contributed by atoms with Gasteiger partial charge in [0.1, 0.15) is 0 Å². The smallest absolute Gasteiger partial charge is 0.0219 e. The van der Waals surface area contributed by atoms with Crippen LogP contribution in [0.1, 0.15) is 27.2 Å². The summed E-state index contributed by atoms with van der Waals surface area (Å²) in [4.78, 5) is 5.10. The highest BCUT2D eigenvalue weighted by molar-refractivity contribution is 4.82. The minimum atomic E-state index is 0.703. The lowest BCUT2D eigenvalue weighted by Crippen LogP contribution is -2.55. The molecular formula is C12H27N3. The number of likely N-dealkylation sites (N-methyl/N-ethyl adjacent to an activating group) is 2. The molecule has 2 atom stereocenters. The van der Waals surface area contributed by atoms with Crippen LogP contribution in [0.25, 0.3) is 0 Å². The predicted molar refractivity (Wildman–Crippen MR) is 66.3 cm³/mol. The number of piperazine rings is 1. The molecule has 0 aromatic heterocycles. The van der Waals surface area contributed by atoms with Crippen molar-refractivity contribution in [3.63, 3.8) is 0 Å². The summed E-state index contributed by atoms with van der Waals surface area (Å²) in [5.74, 6) is 0. The van der Waals surface area contributed by atoms with E-state index in [-0.39, 0.29) is 0 Å². The molecule has 1 heterocycles. The molecule has 90 valence electrons. The first-order chi connectivity index (χ1) is 7.19. The quantitative estimate of drug-likeness (QED) is 0.735. The average molecular weight is 213 g/mol. The molecule has 1 rings (SSSR count). The zero-order valence-corrected chi connectivity index (χ0v) is 10.8. The lowest BCUT2D eigenvalue weighted by atomic mass is 10.1. The van der Waals surface area contributed by atoms with Gasteiger partial charge in [-0.2, -0.15) is 0 Å². The van der Waals surface area contributed by atoms with E-state index in [9.17, 15) is 0 Å². The summed E-state index contributed by atoms with van der Waals surface area (Å²) in [5, 5.41) is 3.47. The molecule has 0 aromatic rings. The summed E-state index contributed by atoms with van der Waals surface area (Å²) in [6.07, 6.45) is 1.25. The van der Waals surface area contributed by atoms with E-state index < -0.39 is 0 Å². The summed E-state index contributed by atoms with van der Waals surface area (Å²) in [6, 6.07) is 1.43. The van der Waals surface area contributed by atoms with Crippen molar-refractivity contribution in [2.75, 3.05) is 39.8 Å². The first-order valence-electron chi connectivity index (χ1n) is 6.34. The highest BCUT2D eigenvalue weighted by Gasteiger charge is 2.24. The molecule has 1 saturated heterocycles. The lowest BCUT2D eigenvalue weighted by molar-refractivity contribution is 0.0701. The van der Waals surface area contributed by atoms with Gasteiger partial charge in [-0.25, -0.2) is 0 Å². The van der Waals surface area contributed by atoms with E-state index >= 15 is 0 Å². The van der Waals surface area contributed by atoms with Gasteiger partial charge < -0.3 is 10.2 Å². The van der Waals surface area contributed by atoms with Crippen LogP contribution in [0.3, 0.4) is 0 Å². The van der Waals surface area contributed by atoms with Crippen LogP contribution in [0.5, 0.6) is 0 Å². The van der Waals surface area contributed by atoms with Crippen molar-refractivity contribution in [3.8, 4) is 0 Å². The molecule has 0 aliphatic carbocycles. The van der Waals surface area contributed by atoms with Crippen molar-refractivity contribution in [1.82, 2.24) is 15.1 Å². The Morgan fingerprint density at radius 3 is 2.60 bits per heavy atom. The van der Waals surface area contributed by atoms with Gasteiger partial charge in [0.25, 0.3) is 0 Å². The van der Waals surface area contributed by atoms with Gasteiger partial charge in [0.15, 0.2) is 0 Å². The third-order valence-electron chi connectivity index (χ3n) is 3.61. The Kier molecular flexibility index (Phi) is 5.58. The van der Waals surface area contributed by atoms with E-state index in [1.165, 1.54) is 26.1 Å². The molecule has 1 fully saturated rings. The summed E-state index contributed by atoms with van der Waals surface area (Å²) >= 11 is 0. The second kappa shape index (κ2) is 6.46. The average Bonchev–Trinajstić information content (AvgIpc) is 2.24. The maximum absolute atomic E-state index is 3.47. The Bertz CT molecular complexity index is 172.